The molecule has 0 aliphatic heterocycles. The average molecular weight is 557 g/mol. The number of ketones is 2. The van der Waals surface area contributed by atoms with Crippen LogP contribution in [0.4, 0.5) is 5.69 Å². The molecular formula is C29H36N2O9. The fourth-order valence-corrected chi connectivity index (χ4v) is 6.13. The van der Waals surface area contributed by atoms with Gasteiger partial charge in [-0.15, -0.1) is 0 Å². The quantitative estimate of drug-likeness (QED) is 0.257. The second-order valence-electron chi connectivity index (χ2n) is 12.0. The maximum atomic E-state index is 13.7. The average Bonchev–Trinajstić information content (AvgIpc) is 2.81. The number of hydrogen-bond acceptors (Lipinski definition) is 10. The summed E-state index contributed by atoms with van der Waals surface area (Å²) in [4.78, 5) is 52.1. The number of rotatable bonds is 6. The molecule has 0 aromatic heterocycles. The van der Waals surface area contributed by atoms with E-state index in [0.29, 0.717) is 23.2 Å². The lowest BCUT2D eigenvalue weighted by atomic mass is 9.59. The first-order chi connectivity index (χ1) is 18.5. The molecule has 1 fully saturated rings. The Labute approximate surface area is 231 Å². The smallest absolute Gasteiger partial charge is 0.306 e. The van der Waals surface area contributed by atoms with Gasteiger partial charge in [-0.25, -0.2) is 0 Å². The summed E-state index contributed by atoms with van der Waals surface area (Å²) >= 11 is 0. The Morgan fingerprint density at radius 2 is 1.80 bits per heavy atom. The molecule has 0 saturated heterocycles. The number of phenolic OH excluding ortho intramolecular Hbond substituents is 1. The van der Waals surface area contributed by atoms with Gasteiger partial charge in [-0.3, -0.25) is 19.2 Å². The van der Waals surface area contributed by atoms with Crippen LogP contribution in [0.15, 0.2) is 23.0 Å². The zero-order valence-corrected chi connectivity index (χ0v) is 23.3. The van der Waals surface area contributed by atoms with Crippen molar-refractivity contribution in [2.24, 2.45) is 17.6 Å². The van der Waals surface area contributed by atoms with E-state index in [4.69, 9.17) is 10.5 Å². The van der Waals surface area contributed by atoms with E-state index in [9.17, 15) is 39.6 Å². The number of aliphatic hydroxyl groups excluding tert-OH is 2. The summed E-state index contributed by atoms with van der Waals surface area (Å²) in [5, 5.41) is 44.8. The van der Waals surface area contributed by atoms with Crippen LogP contribution in [-0.4, -0.2) is 69.2 Å². The number of aromatic hydroxyl groups is 1. The molecule has 1 aromatic rings. The van der Waals surface area contributed by atoms with E-state index in [1.54, 1.807) is 40.9 Å². The highest BCUT2D eigenvalue weighted by molar-refractivity contribution is 6.22. The van der Waals surface area contributed by atoms with E-state index < -0.39 is 57.6 Å². The van der Waals surface area contributed by atoms with Crippen LogP contribution in [0.1, 0.15) is 63.1 Å². The number of phenols is 1. The van der Waals surface area contributed by atoms with E-state index in [0.717, 1.165) is 0 Å². The molecule has 0 radical (unpaired) electrons. The van der Waals surface area contributed by atoms with Crippen molar-refractivity contribution in [1.29, 1.82) is 0 Å². The Morgan fingerprint density at radius 1 is 1.15 bits per heavy atom. The van der Waals surface area contributed by atoms with Gasteiger partial charge in [0.2, 0.25) is 5.78 Å². The van der Waals surface area contributed by atoms with Crippen molar-refractivity contribution < 1.29 is 44.3 Å². The second-order valence-corrected chi connectivity index (χ2v) is 12.0. The molecule has 3 aliphatic rings. The van der Waals surface area contributed by atoms with Crippen LogP contribution in [0.3, 0.4) is 0 Å². The number of ether oxygens (including phenoxy) is 1. The van der Waals surface area contributed by atoms with Crippen molar-refractivity contribution in [2.75, 3.05) is 19.0 Å². The van der Waals surface area contributed by atoms with Gasteiger partial charge in [-0.1, -0.05) is 0 Å². The minimum absolute atomic E-state index is 0.0330. The third-order valence-corrected chi connectivity index (χ3v) is 7.85. The molecule has 1 aromatic carbocycles. The number of esters is 1. The Balaban J connectivity index is 1.77. The van der Waals surface area contributed by atoms with Gasteiger partial charge in [0.25, 0.3) is 5.91 Å². The zero-order chi connectivity index (χ0) is 29.9. The molecular weight excluding hydrogens is 520 g/mol. The third-order valence-electron chi connectivity index (χ3n) is 7.85. The number of primary amides is 1. The van der Waals surface area contributed by atoms with Crippen LogP contribution < -0.4 is 10.6 Å². The van der Waals surface area contributed by atoms with E-state index in [-0.39, 0.29) is 55.0 Å². The van der Waals surface area contributed by atoms with Gasteiger partial charge < -0.3 is 35.8 Å². The van der Waals surface area contributed by atoms with Crippen molar-refractivity contribution in [3.8, 4) is 5.75 Å². The number of carbonyl (C=O) groups excluding carboxylic acids is 4. The fraction of sp³-hybridized carbons (Fsp3) is 0.517. The largest absolute Gasteiger partial charge is 0.508 e. The van der Waals surface area contributed by atoms with Crippen LogP contribution in [0, 0.1) is 11.8 Å². The van der Waals surface area contributed by atoms with Crippen LogP contribution in [0.25, 0.3) is 5.76 Å². The second kappa shape index (κ2) is 9.96. The number of nitrogens with zero attached hydrogens (tertiary/aromatic N) is 1. The number of Topliss-reactive ketones (excluding diaryl/α,β-unsaturated/α-hetero) is 2. The van der Waals surface area contributed by atoms with Crippen molar-refractivity contribution in [1.82, 2.24) is 0 Å². The maximum Gasteiger partial charge on any atom is 0.306 e. The van der Waals surface area contributed by atoms with Crippen LogP contribution in [0.2, 0.25) is 0 Å². The topological polar surface area (TPSA) is 188 Å². The molecule has 11 nitrogen and oxygen atoms in total. The molecule has 3 aliphatic carbocycles. The molecule has 1 amide bonds. The minimum Gasteiger partial charge on any atom is -0.508 e. The SMILES string of the molecule is CN(C)c1cc(CCCC(=O)OC(C)(C)C)c(O)c2c1C[C@H]1C[C@H]3CC(=O)C(C(N)=O)=C(O)[C@@]3(O)C(=O)C1=C2O. The van der Waals surface area contributed by atoms with Crippen LogP contribution >= 0.6 is 0 Å². The highest BCUT2D eigenvalue weighted by Crippen LogP contribution is 2.53. The van der Waals surface area contributed by atoms with Gasteiger partial charge in [-0.05, 0) is 69.6 Å². The third kappa shape index (κ3) is 4.72. The normalized spacial score (nSPS) is 24.4. The molecule has 11 heteroatoms. The number of carbonyl (C=O) groups is 4. The summed E-state index contributed by atoms with van der Waals surface area (Å²) < 4.78 is 5.34. The highest BCUT2D eigenvalue weighted by Gasteiger charge is 2.60. The molecule has 4 rings (SSSR count). The molecule has 0 bridgehead atoms. The van der Waals surface area contributed by atoms with E-state index in [1.807, 2.05) is 4.90 Å². The fourth-order valence-electron chi connectivity index (χ4n) is 6.13. The number of hydrogen-bond donors (Lipinski definition) is 5. The van der Waals surface area contributed by atoms with Crippen molar-refractivity contribution in [3.05, 3.63) is 39.7 Å². The summed E-state index contributed by atoms with van der Waals surface area (Å²) in [7, 11) is 3.60. The number of benzene rings is 1. The van der Waals surface area contributed by atoms with E-state index in [1.165, 1.54) is 0 Å². The van der Waals surface area contributed by atoms with Gasteiger partial charge in [0, 0.05) is 44.1 Å². The molecule has 0 unspecified atom stereocenters. The van der Waals surface area contributed by atoms with Gasteiger partial charge in [0.1, 0.15) is 28.4 Å². The lowest BCUT2D eigenvalue weighted by Gasteiger charge is -2.46. The lowest BCUT2D eigenvalue weighted by molar-refractivity contribution is -0.155. The monoisotopic (exact) mass is 556 g/mol. The predicted octanol–water partition coefficient (Wildman–Crippen LogP) is 2.15. The Morgan fingerprint density at radius 3 is 2.38 bits per heavy atom. The van der Waals surface area contributed by atoms with Crippen molar-refractivity contribution in [3.63, 3.8) is 0 Å². The summed E-state index contributed by atoms with van der Waals surface area (Å²) in [6.07, 6.45) is 0.654. The molecule has 3 atom stereocenters. The Bertz CT molecular complexity index is 1380. The first-order valence-electron chi connectivity index (χ1n) is 13.2. The summed E-state index contributed by atoms with van der Waals surface area (Å²) in [6.45, 7) is 5.31. The lowest BCUT2D eigenvalue weighted by Crippen LogP contribution is -2.58. The van der Waals surface area contributed by atoms with Gasteiger partial charge in [0.05, 0.1) is 5.56 Å². The molecule has 0 spiro atoms. The minimum atomic E-state index is -2.61. The molecule has 0 heterocycles. The van der Waals surface area contributed by atoms with Crippen molar-refractivity contribution >= 4 is 34.9 Å². The van der Waals surface area contributed by atoms with Crippen molar-refractivity contribution in [2.45, 2.75) is 70.5 Å². The molecule has 216 valence electrons. The number of anilines is 1. The van der Waals surface area contributed by atoms with Gasteiger partial charge in [0.15, 0.2) is 11.4 Å². The Kier molecular flexibility index (Phi) is 7.25. The summed E-state index contributed by atoms with van der Waals surface area (Å²) in [5.41, 5.74) is 2.74. The number of amides is 1. The number of aliphatic hydroxyl groups is 3. The first kappa shape index (κ1) is 29.1. The maximum absolute atomic E-state index is 13.7. The molecule has 1 saturated carbocycles. The zero-order valence-electron chi connectivity index (χ0n) is 23.3. The predicted molar refractivity (Wildman–Crippen MR) is 144 cm³/mol. The van der Waals surface area contributed by atoms with Crippen LogP contribution in [0.5, 0.6) is 5.75 Å². The number of aryl methyl sites for hydroxylation is 1. The Hall–Kier alpha value is -3.86. The number of fused-ring (bicyclic) bond motifs is 3. The van der Waals surface area contributed by atoms with Gasteiger partial charge in [-0.2, -0.15) is 0 Å². The standard InChI is InChI=1S/C29H36N2O9/c1-28(2,3)40-19(33)8-6-7-13-11-17(31(4)5)16-10-14-9-15-12-18(32)22(27(30)38)26(37)29(15,39)25(36)20(14)24(35)21(16)23(13)34/h11,14-15,34-35,37,39H,6-10,12H2,1-5H3,(H2,30,38)/t14-,15+,29+/m1/s1. The van der Waals surface area contributed by atoms with E-state index in [2.05, 4.69) is 0 Å². The molecule has 6 N–H and O–H groups in total. The molecule has 40 heavy (non-hydrogen) atoms. The van der Waals surface area contributed by atoms with Crippen LogP contribution in [-0.2, 0) is 36.8 Å². The number of nitrogens with two attached hydrogens (primary N) is 1. The summed E-state index contributed by atoms with van der Waals surface area (Å²) in [5.74, 6) is -6.99. The van der Waals surface area contributed by atoms with E-state index >= 15 is 0 Å². The van der Waals surface area contributed by atoms with Gasteiger partial charge >= 0.3 is 5.97 Å². The highest BCUT2D eigenvalue weighted by atomic mass is 16.6. The summed E-state index contributed by atoms with van der Waals surface area (Å²) in [6, 6.07) is 1.78. The first-order valence-corrected chi connectivity index (χ1v) is 13.2.